The van der Waals surface area contributed by atoms with Gasteiger partial charge in [0.05, 0.1) is 23.8 Å². The molecule has 0 bridgehead atoms. The molecule has 0 aromatic heterocycles. The van der Waals surface area contributed by atoms with Crippen molar-refractivity contribution in [2.75, 3.05) is 7.11 Å². The average Bonchev–Trinajstić information content (AvgIpc) is 2.78. The molecule has 0 aliphatic carbocycles. The molecular formula is C26H21NOS. The fraction of sp³-hybridized carbons (Fsp3) is 0.115. The van der Waals surface area contributed by atoms with Crippen molar-refractivity contribution in [3.63, 3.8) is 0 Å². The second kappa shape index (κ2) is 7.76. The van der Waals surface area contributed by atoms with Crippen molar-refractivity contribution in [2.45, 2.75) is 16.6 Å². The summed E-state index contributed by atoms with van der Waals surface area (Å²) < 4.78 is 5.33. The van der Waals surface area contributed by atoms with E-state index in [2.05, 4.69) is 78.9 Å². The summed E-state index contributed by atoms with van der Waals surface area (Å²) in [6.45, 7) is 0. The van der Waals surface area contributed by atoms with Gasteiger partial charge in [-0.15, -0.1) is 11.8 Å². The van der Waals surface area contributed by atoms with E-state index in [4.69, 9.17) is 9.73 Å². The predicted molar refractivity (Wildman–Crippen MR) is 123 cm³/mol. The van der Waals surface area contributed by atoms with Crippen LogP contribution in [0.4, 0.5) is 5.69 Å². The largest absolute Gasteiger partial charge is 0.497 e. The van der Waals surface area contributed by atoms with Crippen molar-refractivity contribution in [1.29, 1.82) is 0 Å². The van der Waals surface area contributed by atoms with Crippen LogP contribution < -0.4 is 4.74 Å². The van der Waals surface area contributed by atoms with Crippen LogP contribution in [-0.2, 0) is 6.42 Å². The third-order valence-corrected chi connectivity index (χ3v) is 6.57. The number of hydrogen-bond acceptors (Lipinski definition) is 3. The highest BCUT2D eigenvalue weighted by Gasteiger charge is 2.25. The van der Waals surface area contributed by atoms with E-state index in [1.807, 2.05) is 23.9 Å². The number of fused-ring (bicyclic) bond motifs is 2. The van der Waals surface area contributed by atoms with Crippen LogP contribution in [-0.4, -0.2) is 18.1 Å². The molecule has 4 aromatic carbocycles. The molecule has 5 rings (SSSR count). The maximum atomic E-state index is 5.33. The minimum atomic E-state index is 0.263. The van der Waals surface area contributed by atoms with Crippen molar-refractivity contribution in [3.05, 3.63) is 102 Å². The number of aliphatic imine (C=N–C) groups is 1. The molecule has 1 unspecified atom stereocenters. The summed E-state index contributed by atoms with van der Waals surface area (Å²) in [7, 11) is 1.70. The lowest BCUT2D eigenvalue weighted by Crippen LogP contribution is -2.23. The van der Waals surface area contributed by atoms with E-state index >= 15 is 0 Å². The van der Waals surface area contributed by atoms with Crippen LogP contribution in [0.5, 0.6) is 5.75 Å². The molecule has 3 heteroatoms. The molecule has 1 heterocycles. The Balaban J connectivity index is 1.53. The van der Waals surface area contributed by atoms with Crippen LogP contribution in [0, 0.1) is 0 Å². The van der Waals surface area contributed by atoms with E-state index < -0.39 is 0 Å². The lowest BCUT2D eigenvalue weighted by atomic mass is 9.98. The van der Waals surface area contributed by atoms with Crippen LogP contribution >= 0.6 is 11.8 Å². The van der Waals surface area contributed by atoms with Crippen LogP contribution in [0.25, 0.3) is 10.8 Å². The Morgan fingerprint density at radius 2 is 1.59 bits per heavy atom. The van der Waals surface area contributed by atoms with Crippen molar-refractivity contribution in [2.24, 2.45) is 4.99 Å². The normalized spacial score (nSPS) is 15.6. The SMILES string of the molecule is COc1ccc(C2=Nc3ccccc3SC2Cc2ccc3ccccc3c2)cc1. The molecule has 1 aliphatic heterocycles. The lowest BCUT2D eigenvalue weighted by molar-refractivity contribution is 0.415. The van der Waals surface area contributed by atoms with E-state index in [0.29, 0.717) is 0 Å². The molecule has 0 amide bonds. The lowest BCUT2D eigenvalue weighted by Gasteiger charge is -2.25. The minimum absolute atomic E-state index is 0.263. The van der Waals surface area contributed by atoms with Gasteiger partial charge >= 0.3 is 0 Å². The summed E-state index contributed by atoms with van der Waals surface area (Å²) in [4.78, 5) is 6.31. The molecule has 1 atom stereocenters. The summed E-state index contributed by atoms with van der Waals surface area (Å²) >= 11 is 1.91. The quantitative estimate of drug-likeness (QED) is 0.384. The number of nitrogens with zero attached hydrogens (tertiary/aromatic N) is 1. The zero-order valence-corrected chi connectivity index (χ0v) is 17.0. The molecule has 0 fully saturated rings. The first kappa shape index (κ1) is 18.0. The molecule has 4 aromatic rings. The van der Waals surface area contributed by atoms with E-state index in [-0.39, 0.29) is 5.25 Å². The number of rotatable bonds is 4. The van der Waals surface area contributed by atoms with Gasteiger partial charge in [-0.25, -0.2) is 0 Å². The molecule has 0 saturated heterocycles. The van der Waals surface area contributed by atoms with Crippen molar-refractivity contribution in [3.8, 4) is 5.75 Å². The van der Waals surface area contributed by atoms with Crippen LogP contribution in [0.1, 0.15) is 11.1 Å². The predicted octanol–water partition coefficient (Wildman–Crippen LogP) is 6.69. The number of ether oxygens (including phenoxy) is 1. The third-order valence-electron chi connectivity index (χ3n) is 5.30. The van der Waals surface area contributed by atoms with Crippen molar-refractivity contribution >= 4 is 33.9 Å². The Kier molecular flexibility index (Phi) is 4.82. The molecule has 0 saturated carbocycles. The first-order valence-corrected chi connectivity index (χ1v) is 10.6. The molecule has 1 aliphatic rings. The van der Waals surface area contributed by atoms with Gasteiger partial charge in [0.2, 0.25) is 0 Å². The number of benzene rings is 4. The van der Waals surface area contributed by atoms with Gasteiger partial charge in [-0.05, 0) is 64.7 Å². The van der Waals surface area contributed by atoms with Gasteiger partial charge in [-0.2, -0.15) is 0 Å². The summed E-state index contributed by atoms with van der Waals surface area (Å²) in [5.41, 5.74) is 4.67. The second-order valence-electron chi connectivity index (χ2n) is 7.19. The van der Waals surface area contributed by atoms with Gasteiger partial charge in [-0.3, -0.25) is 4.99 Å². The fourth-order valence-electron chi connectivity index (χ4n) is 3.79. The molecule has 0 N–H and O–H groups in total. The minimum Gasteiger partial charge on any atom is -0.497 e. The van der Waals surface area contributed by atoms with Gasteiger partial charge in [0.15, 0.2) is 0 Å². The van der Waals surface area contributed by atoms with E-state index in [9.17, 15) is 0 Å². The monoisotopic (exact) mass is 395 g/mol. The maximum Gasteiger partial charge on any atom is 0.118 e. The van der Waals surface area contributed by atoms with Gasteiger partial charge in [0.25, 0.3) is 0 Å². The van der Waals surface area contributed by atoms with Crippen molar-refractivity contribution < 1.29 is 4.74 Å². The van der Waals surface area contributed by atoms with Crippen LogP contribution in [0.15, 0.2) is 101 Å². The Morgan fingerprint density at radius 3 is 2.41 bits per heavy atom. The van der Waals surface area contributed by atoms with Crippen molar-refractivity contribution in [1.82, 2.24) is 0 Å². The smallest absolute Gasteiger partial charge is 0.118 e. The highest BCUT2D eigenvalue weighted by Crippen LogP contribution is 2.40. The van der Waals surface area contributed by atoms with Gasteiger partial charge < -0.3 is 4.74 Å². The fourth-order valence-corrected chi connectivity index (χ4v) is 5.06. The molecule has 0 spiro atoms. The topological polar surface area (TPSA) is 21.6 Å². The summed E-state index contributed by atoms with van der Waals surface area (Å²) in [6.07, 6.45) is 0.939. The average molecular weight is 396 g/mol. The maximum absolute atomic E-state index is 5.33. The number of hydrogen-bond donors (Lipinski definition) is 0. The van der Waals surface area contributed by atoms with E-state index in [0.717, 1.165) is 29.1 Å². The zero-order valence-electron chi connectivity index (χ0n) is 16.2. The zero-order chi connectivity index (χ0) is 19.6. The third kappa shape index (κ3) is 3.66. The first-order valence-electron chi connectivity index (χ1n) is 9.76. The Labute approximate surface area is 175 Å². The van der Waals surface area contributed by atoms with E-state index in [1.165, 1.54) is 21.2 Å². The highest BCUT2D eigenvalue weighted by molar-refractivity contribution is 8.01. The second-order valence-corrected chi connectivity index (χ2v) is 8.43. The molecule has 2 nitrogen and oxygen atoms in total. The van der Waals surface area contributed by atoms with Gasteiger partial charge in [-0.1, -0.05) is 54.6 Å². The molecular weight excluding hydrogens is 374 g/mol. The molecule has 0 radical (unpaired) electrons. The van der Waals surface area contributed by atoms with Crippen LogP contribution in [0.3, 0.4) is 0 Å². The summed E-state index contributed by atoms with van der Waals surface area (Å²) in [5, 5.41) is 2.83. The van der Waals surface area contributed by atoms with Gasteiger partial charge in [0.1, 0.15) is 5.75 Å². The Bertz CT molecular complexity index is 1200. The van der Waals surface area contributed by atoms with Gasteiger partial charge in [0, 0.05) is 4.90 Å². The molecule has 29 heavy (non-hydrogen) atoms. The number of para-hydroxylation sites is 1. The molecule has 142 valence electrons. The summed E-state index contributed by atoms with van der Waals surface area (Å²) in [5.74, 6) is 0.865. The summed E-state index contributed by atoms with van der Waals surface area (Å²) in [6, 6.07) is 31.9. The van der Waals surface area contributed by atoms with Crippen LogP contribution in [0.2, 0.25) is 0 Å². The Hall–Kier alpha value is -3.04. The van der Waals surface area contributed by atoms with E-state index in [1.54, 1.807) is 7.11 Å². The Morgan fingerprint density at radius 1 is 0.828 bits per heavy atom. The number of thioether (sulfide) groups is 1. The first-order chi connectivity index (χ1) is 14.3. The number of methoxy groups -OCH3 is 1. The highest BCUT2D eigenvalue weighted by atomic mass is 32.2. The standard InChI is InChI=1S/C26H21NOS/c1-28-22-14-12-20(13-15-22)26-25(29-24-9-5-4-8-23(24)27-26)17-18-10-11-19-6-2-3-7-21(19)16-18/h2-16,25H,17H2,1H3.